The molecule has 0 heterocycles. The fraction of sp³-hybridized carbons (Fsp3) is 0.565. The van der Waals surface area contributed by atoms with Crippen LogP contribution in [-0.2, 0) is 16.0 Å². The molecule has 1 aromatic carbocycles. The van der Waals surface area contributed by atoms with Crippen molar-refractivity contribution in [2.75, 3.05) is 6.54 Å². The molecule has 1 amide bonds. The van der Waals surface area contributed by atoms with Crippen LogP contribution in [0.2, 0.25) is 0 Å². The Labute approximate surface area is 161 Å². The van der Waals surface area contributed by atoms with Crippen molar-refractivity contribution in [2.24, 2.45) is 5.41 Å². The zero-order valence-corrected chi connectivity index (χ0v) is 16.4. The zero-order chi connectivity index (χ0) is 19.4. The molecule has 0 unspecified atom stereocenters. The van der Waals surface area contributed by atoms with Crippen molar-refractivity contribution in [1.82, 2.24) is 5.32 Å². The number of carboxylic acids is 1. The molecule has 2 N–H and O–H groups in total. The smallest absolute Gasteiger partial charge is 0.381 e. The van der Waals surface area contributed by atoms with Crippen molar-refractivity contribution in [3.8, 4) is 11.8 Å². The SMILES string of the molecule is Cc1cc(C2CC2)cc(C)c1CC(=O)NCC1(C#CC(=O)O)CCCCC1. The third-order valence-corrected chi connectivity index (χ3v) is 5.97. The first-order valence-corrected chi connectivity index (χ1v) is 10.0. The maximum absolute atomic E-state index is 12.6. The normalized spacial score (nSPS) is 18.3. The first-order chi connectivity index (χ1) is 12.9. The Morgan fingerprint density at radius 3 is 2.33 bits per heavy atom. The standard InChI is InChI=1S/C23H29NO3/c1-16-12-19(18-6-7-18)13-17(2)20(16)14-21(25)24-15-23(11-8-22(26)27)9-4-3-5-10-23/h12-13,18H,3-7,9-10,14-15H2,1-2H3,(H,24,25)(H,26,27). The fourth-order valence-corrected chi connectivity index (χ4v) is 4.21. The molecular formula is C23H29NO3. The molecule has 0 aliphatic heterocycles. The summed E-state index contributed by atoms with van der Waals surface area (Å²) < 4.78 is 0. The molecule has 0 radical (unpaired) electrons. The highest BCUT2D eigenvalue weighted by atomic mass is 16.4. The second-order valence-corrected chi connectivity index (χ2v) is 8.26. The molecule has 4 heteroatoms. The van der Waals surface area contributed by atoms with E-state index in [9.17, 15) is 9.59 Å². The number of aliphatic carboxylic acids is 1. The van der Waals surface area contributed by atoms with Crippen LogP contribution in [0.15, 0.2) is 12.1 Å². The van der Waals surface area contributed by atoms with Gasteiger partial charge in [-0.3, -0.25) is 4.79 Å². The Kier molecular flexibility index (Phi) is 5.89. The van der Waals surface area contributed by atoms with Gasteiger partial charge in [0.2, 0.25) is 5.91 Å². The minimum Gasteiger partial charge on any atom is -0.472 e. The lowest BCUT2D eigenvalue weighted by Crippen LogP contribution is -2.39. The first-order valence-electron chi connectivity index (χ1n) is 10.0. The van der Waals surface area contributed by atoms with Gasteiger partial charge in [0.25, 0.3) is 0 Å². The van der Waals surface area contributed by atoms with Crippen LogP contribution in [0.4, 0.5) is 0 Å². The lowest BCUT2D eigenvalue weighted by molar-refractivity contribution is -0.130. The molecule has 144 valence electrons. The molecule has 3 rings (SSSR count). The van der Waals surface area contributed by atoms with E-state index in [4.69, 9.17) is 5.11 Å². The van der Waals surface area contributed by atoms with Crippen LogP contribution in [0.3, 0.4) is 0 Å². The molecule has 27 heavy (non-hydrogen) atoms. The summed E-state index contributed by atoms with van der Waals surface area (Å²) in [4.78, 5) is 23.5. The number of carboxylic acid groups (broad SMARTS) is 1. The number of hydrogen-bond donors (Lipinski definition) is 2. The maximum atomic E-state index is 12.6. The number of benzene rings is 1. The Balaban J connectivity index is 1.65. The van der Waals surface area contributed by atoms with Gasteiger partial charge in [0, 0.05) is 17.9 Å². The number of rotatable bonds is 5. The highest BCUT2D eigenvalue weighted by Crippen LogP contribution is 2.41. The Bertz CT molecular complexity index is 767. The van der Waals surface area contributed by atoms with Gasteiger partial charge in [0.15, 0.2) is 0 Å². The molecular weight excluding hydrogens is 338 g/mol. The lowest BCUT2D eigenvalue weighted by atomic mass is 9.74. The number of nitrogens with one attached hydrogen (secondary N) is 1. The molecule has 2 saturated carbocycles. The van der Waals surface area contributed by atoms with E-state index in [-0.39, 0.29) is 5.91 Å². The Morgan fingerprint density at radius 2 is 1.78 bits per heavy atom. The molecule has 2 fully saturated rings. The van der Waals surface area contributed by atoms with Gasteiger partial charge in [0.05, 0.1) is 6.42 Å². The molecule has 2 aliphatic carbocycles. The van der Waals surface area contributed by atoms with E-state index < -0.39 is 11.4 Å². The number of hydrogen-bond acceptors (Lipinski definition) is 2. The van der Waals surface area contributed by atoms with E-state index >= 15 is 0 Å². The largest absolute Gasteiger partial charge is 0.472 e. The minimum atomic E-state index is -1.10. The Hall–Kier alpha value is -2.28. The van der Waals surface area contributed by atoms with Crippen molar-refractivity contribution in [3.05, 3.63) is 34.4 Å². The molecule has 0 aromatic heterocycles. The summed E-state index contributed by atoms with van der Waals surface area (Å²) in [7, 11) is 0. The molecule has 0 spiro atoms. The van der Waals surface area contributed by atoms with Crippen molar-refractivity contribution < 1.29 is 14.7 Å². The average Bonchev–Trinajstić information content (AvgIpc) is 3.47. The van der Waals surface area contributed by atoms with Gasteiger partial charge in [-0.05, 0) is 67.7 Å². The van der Waals surface area contributed by atoms with Crippen LogP contribution in [0.25, 0.3) is 0 Å². The van der Waals surface area contributed by atoms with E-state index in [2.05, 4.69) is 43.1 Å². The summed E-state index contributed by atoms with van der Waals surface area (Å²) in [6, 6.07) is 4.46. The monoisotopic (exact) mass is 367 g/mol. The van der Waals surface area contributed by atoms with Crippen LogP contribution >= 0.6 is 0 Å². The topological polar surface area (TPSA) is 66.4 Å². The second kappa shape index (κ2) is 8.17. The van der Waals surface area contributed by atoms with Gasteiger partial charge in [0.1, 0.15) is 0 Å². The third kappa shape index (κ3) is 5.13. The van der Waals surface area contributed by atoms with E-state index in [0.717, 1.165) is 37.7 Å². The molecule has 4 nitrogen and oxygen atoms in total. The first kappa shape index (κ1) is 19.5. The third-order valence-electron chi connectivity index (χ3n) is 5.97. The summed E-state index contributed by atoms with van der Waals surface area (Å²) in [5.41, 5.74) is 4.48. The van der Waals surface area contributed by atoms with E-state index in [1.165, 1.54) is 29.5 Å². The van der Waals surface area contributed by atoms with Gasteiger partial charge >= 0.3 is 5.97 Å². The molecule has 0 atom stereocenters. The second-order valence-electron chi connectivity index (χ2n) is 8.26. The van der Waals surface area contributed by atoms with Crippen molar-refractivity contribution in [1.29, 1.82) is 0 Å². The molecule has 2 aliphatic rings. The molecule has 0 bridgehead atoms. The van der Waals surface area contributed by atoms with Gasteiger partial charge < -0.3 is 10.4 Å². The number of aryl methyl sites for hydroxylation is 2. The molecule has 1 aromatic rings. The quantitative estimate of drug-likeness (QED) is 0.776. The van der Waals surface area contributed by atoms with Crippen LogP contribution in [0, 0.1) is 31.1 Å². The van der Waals surface area contributed by atoms with Gasteiger partial charge in [-0.1, -0.05) is 37.3 Å². The van der Waals surface area contributed by atoms with Crippen LogP contribution in [0.1, 0.15) is 73.1 Å². The van der Waals surface area contributed by atoms with Crippen LogP contribution < -0.4 is 5.32 Å². The highest BCUT2D eigenvalue weighted by Gasteiger charge is 2.31. The highest BCUT2D eigenvalue weighted by molar-refractivity contribution is 5.86. The summed E-state index contributed by atoms with van der Waals surface area (Å²) in [6.45, 7) is 4.61. The minimum absolute atomic E-state index is 0.0116. The van der Waals surface area contributed by atoms with Crippen LogP contribution in [0.5, 0.6) is 0 Å². The molecule has 0 saturated heterocycles. The Morgan fingerprint density at radius 1 is 1.15 bits per heavy atom. The van der Waals surface area contributed by atoms with E-state index in [1.807, 2.05) is 0 Å². The van der Waals surface area contributed by atoms with E-state index in [1.54, 1.807) is 0 Å². The summed E-state index contributed by atoms with van der Waals surface area (Å²) in [6.07, 6.45) is 7.83. The average molecular weight is 367 g/mol. The number of amides is 1. The van der Waals surface area contributed by atoms with Gasteiger partial charge in [-0.2, -0.15) is 0 Å². The number of carbonyl (C=O) groups is 2. The van der Waals surface area contributed by atoms with Crippen LogP contribution in [-0.4, -0.2) is 23.5 Å². The number of carbonyl (C=O) groups excluding carboxylic acids is 1. The summed E-state index contributed by atoms with van der Waals surface area (Å²) >= 11 is 0. The van der Waals surface area contributed by atoms with Crippen molar-refractivity contribution >= 4 is 11.9 Å². The van der Waals surface area contributed by atoms with Gasteiger partial charge in [-0.25, -0.2) is 4.79 Å². The van der Waals surface area contributed by atoms with Crippen molar-refractivity contribution in [3.63, 3.8) is 0 Å². The fourth-order valence-electron chi connectivity index (χ4n) is 4.21. The summed E-state index contributed by atoms with van der Waals surface area (Å²) in [5, 5.41) is 11.9. The predicted octanol–water partition coefficient (Wildman–Crippen LogP) is 3.88. The van der Waals surface area contributed by atoms with Gasteiger partial charge in [-0.15, -0.1) is 0 Å². The predicted molar refractivity (Wildman–Crippen MR) is 106 cm³/mol. The summed E-state index contributed by atoms with van der Waals surface area (Å²) in [5.74, 6) is 4.82. The van der Waals surface area contributed by atoms with E-state index in [0.29, 0.717) is 18.9 Å². The van der Waals surface area contributed by atoms with Crippen molar-refractivity contribution in [2.45, 2.75) is 71.1 Å². The lowest BCUT2D eigenvalue weighted by Gasteiger charge is -2.32. The zero-order valence-electron chi connectivity index (χ0n) is 16.4. The maximum Gasteiger partial charge on any atom is 0.381 e.